The number of hydrogen-bond donors (Lipinski definition) is 2. The standard InChI is InChI=1S/C22H15FIN5OS2/c23-12-8-15-16(10-29(32-24)21(15)25-9-12)20-27-19(14-5-6-31-22(14)28-20)26-18-13-4-2-1-3-11(13)7-17(18)30/h1-6,8-10,17-18,30H,7H2,(H,26,27,28). The van der Waals surface area contributed by atoms with Crippen LogP contribution in [0.1, 0.15) is 17.2 Å². The highest BCUT2D eigenvalue weighted by molar-refractivity contribution is 14.2. The van der Waals surface area contributed by atoms with Crippen molar-refractivity contribution in [2.45, 2.75) is 18.6 Å². The molecule has 160 valence electrons. The van der Waals surface area contributed by atoms with Crippen molar-refractivity contribution < 1.29 is 9.50 Å². The average Bonchev–Trinajstić information content (AvgIpc) is 3.49. The van der Waals surface area contributed by atoms with Gasteiger partial charge in [-0.1, -0.05) is 24.3 Å². The average molecular weight is 575 g/mol. The number of nitrogens with zero attached hydrogens (tertiary/aromatic N) is 4. The Hall–Kier alpha value is -2.28. The summed E-state index contributed by atoms with van der Waals surface area (Å²) in [6, 6.07) is 11.2. The van der Waals surface area contributed by atoms with Crippen molar-refractivity contribution >= 4 is 68.7 Å². The third kappa shape index (κ3) is 3.28. The molecule has 0 spiro atoms. The molecule has 1 aromatic carbocycles. The Morgan fingerprint density at radius 3 is 2.97 bits per heavy atom. The summed E-state index contributed by atoms with van der Waals surface area (Å²) in [7, 11) is 1.45. The molecule has 10 heteroatoms. The number of anilines is 1. The zero-order valence-electron chi connectivity index (χ0n) is 16.4. The topological polar surface area (TPSA) is 75.9 Å². The van der Waals surface area contributed by atoms with E-state index in [-0.39, 0.29) is 6.04 Å². The monoisotopic (exact) mass is 575 g/mol. The van der Waals surface area contributed by atoms with Gasteiger partial charge in [-0.25, -0.2) is 19.3 Å². The number of aromatic nitrogens is 4. The molecule has 1 aliphatic rings. The lowest BCUT2D eigenvalue weighted by Crippen LogP contribution is -2.22. The number of thiophene rings is 1. The summed E-state index contributed by atoms with van der Waals surface area (Å²) in [4.78, 5) is 14.7. The number of aliphatic hydroxyl groups excluding tert-OH is 1. The summed E-state index contributed by atoms with van der Waals surface area (Å²) in [5.41, 5.74) is 3.58. The first-order chi connectivity index (χ1) is 15.6. The van der Waals surface area contributed by atoms with Crippen LogP contribution in [0.5, 0.6) is 0 Å². The number of aliphatic hydroxyl groups is 1. The van der Waals surface area contributed by atoms with Crippen molar-refractivity contribution in [2.24, 2.45) is 0 Å². The van der Waals surface area contributed by atoms with Crippen LogP contribution in [0.2, 0.25) is 0 Å². The van der Waals surface area contributed by atoms with Gasteiger partial charge in [0.15, 0.2) is 11.5 Å². The van der Waals surface area contributed by atoms with Crippen LogP contribution in [0.3, 0.4) is 0 Å². The van der Waals surface area contributed by atoms with Crippen molar-refractivity contribution in [3.63, 3.8) is 0 Å². The minimum Gasteiger partial charge on any atom is -0.390 e. The van der Waals surface area contributed by atoms with Crippen LogP contribution in [0.4, 0.5) is 10.2 Å². The summed E-state index contributed by atoms with van der Waals surface area (Å²) in [5, 5.41) is 17.7. The minimum atomic E-state index is -0.546. The maximum Gasteiger partial charge on any atom is 0.165 e. The van der Waals surface area contributed by atoms with E-state index < -0.39 is 11.9 Å². The number of benzene rings is 1. The fourth-order valence-corrected chi connectivity index (χ4v) is 6.29. The summed E-state index contributed by atoms with van der Waals surface area (Å²) in [6.45, 7) is 0. The molecule has 0 aliphatic heterocycles. The Labute approximate surface area is 202 Å². The van der Waals surface area contributed by atoms with E-state index in [1.165, 1.54) is 32.7 Å². The van der Waals surface area contributed by atoms with Crippen LogP contribution in [-0.4, -0.2) is 30.1 Å². The van der Waals surface area contributed by atoms with Crippen molar-refractivity contribution in [2.75, 3.05) is 5.32 Å². The molecule has 2 N–H and O–H groups in total. The molecule has 4 aromatic heterocycles. The van der Waals surface area contributed by atoms with Crippen molar-refractivity contribution in [3.8, 4) is 11.4 Å². The van der Waals surface area contributed by atoms with Crippen LogP contribution in [0.15, 0.2) is 54.2 Å². The van der Waals surface area contributed by atoms with E-state index in [0.29, 0.717) is 34.7 Å². The molecular weight excluding hydrogens is 560 g/mol. The van der Waals surface area contributed by atoms with Gasteiger partial charge < -0.3 is 10.4 Å². The highest BCUT2D eigenvalue weighted by Gasteiger charge is 2.31. The van der Waals surface area contributed by atoms with Crippen LogP contribution in [0, 0.1) is 5.82 Å². The van der Waals surface area contributed by atoms with E-state index in [1.54, 1.807) is 0 Å². The zero-order valence-corrected chi connectivity index (χ0v) is 20.2. The Morgan fingerprint density at radius 1 is 1.22 bits per heavy atom. The second kappa shape index (κ2) is 7.94. The predicted octanol–water partition coefficient (Wildman–Crippen LogP) is 5.76. The summed E-state index contributed by atoms with van der Waals surface area (Å²) >= 11 is 3.68. The van der Waals surface area contributed by atoms with E-state index in [9.17, 15) is 9.50 Å². The first kappa shape index (κ1) is 20.3. The van der Waals surface area contributed by atoms with Gasteiger partial charge in [-0.2, -0.15) is 0 Å². The quantitative estimate of drug-likeness (QED) is 0.266. The molecule has 0 radical (unpaired) electrons. The SMILES string of the molecule is OC1Cc2ccccc2C1Nc1nc(-c2cn(SI)c3ncc(F)cc23)nc2sccc12. The Balaban J connectivity index is 1.50. The lowest BCUT2D eigenvalue weighted by atomic mass is 10.1. The number of fused-ring (bicyclic) bond motifs is 3. The van der Waals surface area contributed by atoms with Crippen LogP contribution < -0.4 is 5.32 Å². The molecule has 0 fully saturated rings. The third-order valence-corrected chi connectivity index (χ3v) is 8.22. The van der Waals surface area contributed by atoms with Gasteiger partial charge in [-0.05, 0) is 28.6 Å². The highest BCUT2D eigenvalue weighted by Crippen LogP contribution is 2.38. The van der Waals surface area contributed by atoms with E-state index in [4.69, 9.17) is 9.97 Å². The van der Waals surface area contributed by atoms with Gasteiger partial charge in [0.05, 0.1) is 23.7 Å². The Bertz CT molecular complexity index is 1490. The van der Waals surface area contributed by atoms with Gasteiger partial charge in [-0.3, -0.25) is 3.97 Å². The molecule has 0 saturated carbocycles. The molecule has 0 saturated heterocycles. The van der Waals surface area contributed by atoms with E-state index in [0.717, 1.165) is 21.3 Å². The number of halogens is 2. The molecular formula is C22H15FIN5OS2. The van der Waals surface area contributed by atoms with Crippen LogP contribution in [-0.2, 0) is 6.42 Å². The molecule has 2 unspecified atom stereocenters. The van der Waals surface area contributed by atoms with E-state index >= 15 is 0 Å². The molecule has 2 atom stereocenters. The van der Waals surface area contributed by atoms with Crippen molar-refractivity contribution in [1.29, 1.82) is 0 Å². The summed E-state index contributed by atoms with van der Waals surface area (Å²) < 4.78 is 15.9. The minimum absolute atomic E-state index is 0.262. The molecule has 6 rings (SSSR count). The number of nitrogens with one attached hydrogen (secondary N) is 1. The normalized spacial score (nSPS) is 17.8. The molecule has 1 aliphatic carbocycles. The molecule has 0 bridgehead atoms. The van der Waals surface area contributed by atoms with Gasteiger partial charge in [0.25, 0.3) is 0 Å². The van der Waals surface area contributed by atoms with Crippen molar-refractivity contribution in [1.82, 2.24) is 18.9 Å². The van der Waals surface area contributed by atoms with Gasteiger partial charge in [0.2, 0.25) is 0 Å². The smallest absolute Gasteiger partial charge is 0.165 e. The molecule has 4 heterocycles. The fourth-order valence-electron chi connectivity index (χ4n) is 4.27. The largest absolute Gasteiger partial charge is 0.390 e. The second-order valence-electron chi connectivity index (χ2n) is 7.59. The van der Waals surface area contributed by atoms with Gasteiger partial charge in [-0.15, -0.1) is 11.3 Å². The Morgan fingerprint density at radius 2 is 2.09 bits per heavy atom. The number of rotatable bonds is 4. The molecule has 0 amide bonds. The second-order valence-corrected chi connectivity index (χ2v) is 10.2. The fraction of sp³-hybridized carbons (Fsp3) is 0.136. The number of hydrogen-bond acceptors (Lipinski definition) is 7. The molecule has 6 nitrogen and oxygen atoms in total. The first-order valence-electron chi connectivity index (χ1n) is 9.86. The van der Waals surface area contributed by atoms with Gasteiger partial charge in [0, 0.05) is 53.9 Å². The number of pyridine rings is 1. The van der Waals surface area contributed by atoms with Crippen LogP contribution in [0.25, 0.3) is 32.6 Å². The van der Waals surface area contributed by atoms with Crippen LogP contribution >= 0.6 is 41.7 Å². The molecule has 32 heavy (non-hydrogen) atoms. The first-order valence-corrected chi connectivity index (χ1v) is 14.1. The maximum absolute atomic E-state index is 14.0. The lowest BCUT2D eigenvalue weighted by molar-refractivity contribution is 0.165. The van der Waals surface area contributed by atoms with E-state index in [1.807, 2.05) is 45.9 Å². The highest BCUT2D eigenvalue weighted by atomic mass is 127. The van der Waals surface area contributed by atoms with Gasteiger partial charge in [0.1, 0.15) is 16.5 Å². The summed E-state index contributed by atoms with van der Waals surface area (Å²) in [6.07, 6.45) is 3.15. The van der Waals surface area contributed by atoms with E-state index in [2.05, 4.69) is 31.5 Å². The predicted molar refractivity (Wildman–Crippen MR) is 136 cm³/mol. The lowest BCUT2D eigenvalue weighted by Gasteiger charge is -2.19. The summed E-state index contributed by atoms with van der Waals surface area (Å²) in [5.74, 6) is 0.736. The maximum atomic E-state index is 14.0. The zero-order chi connectivity index (χ0) is 21.8. The Kier molecular flexibility index (Phi) is 5.05. The van der Waals surface area contributed by atoms with Crippen molar-refractivity contribution in [3.05, 3.63) is 71.1 Å². The molecule has 5 aromatic rings. The van der Waals surface area contributed by atoms with Gasteiger partial charge >= 0.3 is 0 Å². The third-order valence-electron chi connectivity index (χ3n) is 5.72.